The third kappa shape index (κ3) is 2.04. The van der Waals surface area contributed by atoms with Gasteiger partial charge in [0.05, 0.1) is 9.90 Å². The second kappa shape index (κ2) is 4.33. The Kier molecular flexibility index (Phi) is 3.29. The minimum absolute atomic E-state index is 0.568. The molecule has 5 heteroatoms. The molecule has 0 aliphatic carbocycles. The van der Waals surface area contributed by atoms with Crippen molar-refractivity contribution < 1.29 is 5.11 Å². The van der Waals surface area contributed by atoms with Crippen LogP contribution < -0.4 is 0 Å². The lowest BCUT2D eigenvalue weighted by atomic mass is 10.2. The van der Waals surface area contributed by atoms with Gasteiger partial charge in [0.1, 0.15) is 6.10 Å². The molecular formula is C9H6BrClOS2. The van der Waals surface area contributed by atoms with E-state index in [1.807, 2.05) is 16.8 Å². The minimum Gasteiger partial charge on any atom is -0.382 e. The molecule has 0 saturated carbocycles. The number of thiophene rings is 2. The van der Waals surface area contributed by atoms with Crippen LogP contribution in [0.4, 0.5) is 0 Å². The first-order chi connectivity index (χ1) is 6.68. The maximum Gasteiger partial charge on any atom is 0.123 e. The highest BCUT2D eigenvalue weighted by atomic mass is 79.9. The molecule has 2 heterocycles. The van der Waals surface area contributed by atoms with E-state index in [0.717, 1.165) is 14.2 Å². The first-order valence-electron chi connectivity index (χ1n) is 3.83. The van der Waals surface area contributed by atoms with Crippen LogP contribution in [0.5, 0.6) is 0 Å². The van der Waals surface area contributed by atoms with E-state index in [-0.39, 0.29) is 0 Å². The Morgan fingerprint density at radius 2 is 2.21 bits per heavy atom. The maximum atomic E-state index is 10.0. The van der Waals surface area contributed by atoms with Crippen molar-refractivity contribution >= 4 is 50.2 Å². The number of rotatable bonds is 2. The molecule has 1 N–H and O–H groups in total. The van der Waals surface area contributed by atoms with Crippen molar-refractivity contribution in [3.63, 3.8) is 0 Å². The molecule has 2 aromatic heterocycles. The molecule has 0 saturated heterocycles. The van der Waals surface area contributed by atoms with E-state index in [2.05, 4.69) is 15.9 Å². The lowest BCUT2D eigenvalue weighted by molar-refractivity contribution is 0.227. The zero-order chi connectivity index (χ0) is 10.1. The molecule has 0 spiro atoms. The van der Waals surface area contributed by atoms with E-state index in [1.165, 1.54) is 22.7 Å². The van der Waals surface area contributed by atoms with Crippen LogP contribution in [0.1, 0.15) is 15.9 Å². The standard InChI is InChI=1S/C9H6BrClOS2/c10-6-1-2-13-9(6)8(12)7-3-5(11)4-14-7/h1-4,8,12H. The Balaban J connectivity index is 2.33. The van der Waals surface area contributed by atoms with Gasteiger partial charge in [-0.05, 0) is 33.4 Å². The average Bonchev–Trinajstić information content (AvgIpc) is 2.73. The minimum atomic E-state index is -0.568. The van der Waals surface area contributed by atoms with Crippen LogP contribution in [0.15, 0.2) is 27.4 Å². The highest BCUT2D eigenvalue weighted by Gasteiger charge is 2.16. The largest absolute Gasteiger partial charge is 0.382 e. The van der Waals surface area contributed by atoms with Crippen molar-refractivity contribution in [2.24, 2.45) is 0 Å². The fraction of sp³-hybridized carbons (Fsp3) is 0.111. The normalized spacial score (nSPS) is 13.1. The summed E-state index contributed by atoms with van der Waals surface area (Å²) in [6.07, 6.45) is -0.568. The van der Waals surface area contributed by atoms with Gasteiger partial charge in [0.2, 0.25) is 0 Å². The first kappa shape index (κ1) is 10.6. The van der Waals surface area contributed by atoms with Gasteiger partial charge in [-0.3, -0.25) is 0 Å². The van der Waals surface area contributed by atoms with Crippen molar-refractivity contribution in [1.82, 2.24) is 0 Å². The van der Waals surface area contributed by atoms with Crippen LogP contribution >= 0.6 is 50.2 Å². The van der Waals surface area contributed by atoms with Gasteiger partial charge in [-0.25, -0.2) is 0 Å². The Bertz CT molecular complexity index is 437. The quantitative estimate of drug-likeness (QED) is 0.876. The molecule has 0 aliphatic rings. The van der Waals surface area contributed by atoms with Crippen molar-refractivity contribution in [2.45, 2.75) is 6.10 Å². The van der Waals surface area contributed by atoms with E-state index in [1.54, 1.807) is 6.07 Å². The summed E-state index contributed by atoms with van der Waals surface area (Å²) in [7, 11) is 0. The Labute approximate surface area is 103 Å². The summed E-state index contributed by atoms with van der Waals surface area (Å²) in [5.41, 5.74) is 0. The summed E-state index contributed by atoms with van der Waals surface area (Å²) < 4.78 is 0.944. The monoisotopic (exact) mass is 308 g/mol. The van der Waals surface area contributed by atoms with Crippen molar-refractivity contribution in [3.05, 3.63) is 42.1 Å². The molecule has 0 bridgehead atoms. The van der Waals surface area contributed by atoms with Gasteiger partial charge in [0.25, 0.3) is 0 Å². The highest BCUT2D eigenvalue weighted by Crippen LogP contribution is 2.36. The van der Waals surface area contributed by atoms with E-state index >= 15 is 0 Å². The average molecular weight is 310 g/mol. The molecule has 0 radical (unpaired) electrons. The summed E-state index contributed by atoms with van der Waals surface area (Å²) in [5, 5.41) is 14.4. The second-order valence-corrected chi connectivity index (χ2v) is 5.88. The van der Waals surface area contributed by atoms with Gasteiger partial charge < -0.3 is 5.11 Å². The van der Waals surface area contributed by atoms with Gasteiger partial charge >= 0.3 is 0 Å². The lowest BCUT2D eigenvalue weighted by Crippen LogP contribution is -1.93. The molecule has 0 aromatic carbocycles. The highest BCUT2D eigenvalue weighted by molar-refractivity contribution is 9.10. The zero-order valence-electron chi connectivity index (χ0n) is 6.91. The summed E-state index contributed by atoms with van der Waals surface area (Å²) >= 11 is 12.2. The molecule has 2 rings (SSSR count). The second-order valence-electron chi connectivity index (χ2n) is 2.70. The van der Waals surface area contributed by atoms with Crippen molar-refractivity contribution in [2.75, 3.05) is 0 Å². The van der Waals surface area contributed by atoms with Crippen LogP contribution in [0.25, 0.3) is 0 Å². The fourth-order valence-electron chi connectivity index (χ4n) is 1.10. The van der Waals surface area contributed by atoms with E-state index in [4.69, 9.17) is 11.6 Å². The molecule has 0 amide bonds. The number of hydrogen-bond acceptors (Lipinski definition) is 3. The number of aliphatic hydroxyl groups excluding tert-OH is 1. The molecule has 14 heavy (non-hydrogen) atoms. The van der Waals surface area contributed by atoms with E-state index in [0.29, 0.717) is 5.02 Å². The zero-order valence-corrected chi connectivity index (χ0v) is 10.9. The van der Waals surface area contributed by atoms with Crippen LogP contribution in [0.2, 0.25) is 5.02 Å². The lowest BCUT2D eigenvalue weighted by Gasteiger charge is -2.05. The number of hydrogen-bond donors (Lipinski definition) is 1. The topological polar surface area (TPSA) is 20.2 Å². The van der Waals surface area contributed by atoms with Gasteiger partial charge in [0, 0.05) is 14.7 Å². The molecule has 74 valence electrons. The summed E-state index contributed by atoms with van der Waals surface area (Å²) in [6, 6.07) is 3.72. The molecule has 1 atom stereocenters. The van der Waals surface area contributed by atoms with Gasteiger partial charge in [-0.15, -0.1) is 22.7 Å². The van der Waals surface area contributed by atoms with E-state index in [9.17, 15) is 5.11 Å². The Morgan fingerprint density at radius 3 is 2.71 bits per heavy atom. The van der Waals surface area contributed by atoms with Crippen molar-refractivity contribution in [3.8, 4) is 0 Å². The number of aliphatic hydroxyl groups is 1. The molecule has 2 aromatic rings. The third-order valence-corrected chi connectivity index (χ3v) is 5.01. The predicted octanol–water partition coefficient (Wildman–Crippen LogP) is 4.31. The van der Waals surface area contributed by atoms with Gasteiger partial charge in [-0.2, -0.15) is 0 Å². The van der Waals surface area contributed by atoms with Crippen LogP contribution in [-0.2, 0) is 0 Å². The third-order valence-electron chi connectivity index (χ3n) is 1.75. The SMILES string of the molecule is OC(c1cc(Cl)cs1)c1sccc1Br. The predicted molar refractivity (Wildman–Crippen MR) is 65.4 cm³/mol. The molecular weight excluding hydrogens is 304 g/mol. The summed E-state index contributed by atoms with van der Waals surface area (Å²) in [6.45, 7) is 0. The number of halogens is 2. The maximum absolute atomic E-state index is 10.0. The molecule has 1 nitrogen and oxygen atoms in total. The van der Waals surface area contributed by atoms with E-state index < -0.39 is 6.10 Å². The first-order valence-corrected chi connectivity index (χ1v) is 6.76. The van der Waals surface area contributed by atoms with Crippen LogP contribution in [0, 0.1) is 0 Å². The fourth-order valence-corrected chi connectivity index (χ4v) is 3.84. The van der Waals surface area contributed by atoms with Gasteiger partial charge in [-0.1, -0.05) is 11.6 Å². The summed E-state index contributed by atoms with van der Waals surface area (Å²) in [5.74, 6) is 0. The Hall–Kier alpha value is 0.130. The van der Waals surface area contributed by atoms with Crippen LogP contribution in [0.3, 0.4) is 0 Å². The van der Waals surface area contributed by atoms with Gasteiger partial charge in [0.15, 0.2) is 0 Å². The van der Waals surface area contributed by atoms with Crippen molar-refractivity contribution in [1.29, 1.82) is 0 Å². The molecule has 0 aliphatic heterocycles. The smallest absolute Gasteiger partial charge is 0.123 e. The summed E-state index contributed by atoms with van der Waals surface area (Å²) in [4.78, 5) is 1.79. The molecule has 0 fully saturated rings. The van der Waals surface area contributed by atoms with Crippen LogP contribution in [-0.4, -0.2) is 5.11 Å². The Morgan fingerprint density at radius 1 is 1.43 bits per heavy atom. The molecule has 1 unspecified atom stereocenters.